The van der Waals surface area contributed by atoms with Crippen molar-refractivity contribution in [3.05, 3.63) is 27.9 Å². The van der Waals surface area contributed by atoms with Crippen molar-refractivity contribution in [2.24, 2.45) is 5.92 Å². The summed E-state index contributed by atoms with van der Waals surface area (Å²) < 4.78 is 1.26. The first-order valence-corrected chi connectivity index (χ1v) is 6.77. The number of nitrogens with zero attached hydrogens (tertiary/aromatic N) is 2. The van der Waals surface area contributed by atoms with Crippen molar-refractivity contribution in [2.45, 2.75) is 46.7 Å². The molecule has 0 aliphatic heterocycles. The number of carboxylic acid groups (broad SMARTS) is 1. The summed E-state index contributed by atoms with van der Waals surface area (Å²) in [5.41, 5.74) is 0.754. The highest BCUT2D eigenvalue weighted by molar-refractivity contribution is 5.77. The van der Waals surface area contributed by atoms with Gasteiger partial charge in [-0.3, -0.25) is 14.2 Å². The topological polar surface area (TPSA) is 101 Å². The largest absolute Gasteiger partial charge is 0.481 e. The third kappa shape index (κ3) is 5.02. The van der Waals surface area contributed by atoms with Gasteiger partial charge in [0.1, 0.15) is 6.54 Å². The lowest BCUT2D eigenvalue weighted by molar-refractivity contribution is -0.138. The van der Waals surface area contributed by atoms with Crippen LogP contribution in [0.5, 0.6) is 0 Å². The molecule has 1 rings (SSSR count). The number of aryl methyl sites for hydroxylation is 2. The molecule has 0 aliphatic carbocycles. The zero-order chi connectivity index (χ0) is 16.2. The first kappa shape index (κ1) is 16.9. The van der Waals surface area contributed by atoms with Crippen LogP contribution in [0.25, 0.3) is 0 Å². The summed E-state index contributed by atoms with van der Waals surface area (Å²) in [4.78, 5) is 38.3. The van der Waals surface area contributed by atoms with Crippen LogP contribution in [0.15, 0.2) is 10.9 Å². The van der Waals surface area contributed by atoms with Crippen molar-refractivity contribution in [1.82, 2.24) is 14.9 Å². The molecule has 1 unspecified atom stereocenters. The van der Waals surface area contributed by atoms with Gasteiger partial charge >= 0.3 is 11.7 Å². The fourth-order valence-corrected chi connectivity index (χ4v) is 2.00. The van der Waals surface area contributed by atoms with E-state index in [4.69, 9.17) is 5.11 Å². The number of aliphatic carboxylic acids is 1. The van der Waals surface area contributed by atoms with Gasteiger partial charge in [-0.15, -0.1) is 0 Å². The number of carboxylic acids is 1. The van der Waals surface area contributed by atoms with Gasteiger partial charge in [-0.2, -0.15) is 4.98 Å². The Bertz CT molecular complexity index is 592. The van der Waals surface area contributed by atoms with Crippen LogP contribution in [0.1, 0.15) is 31.7 Å². The average molecular weight is 295 g/mol. The summed E-state index contributed by atoms with van der Waals surface area (Å²) in [5, 5.41) is 11.5. The molecule has 0 fully saturated rings. The van der Waals surface area contributed by atoms with Gasteiger partial charge in [0.25, 0.3) is 0 Å². The Labute approximate surface area is 123 Å². The predicted octanol–water partition coefficient (Wildman–Crippen LogP) is 0.476. The van der Waals surface area contributed by atoms with Crippen LogP contribution in [0.3, 0.4) is 0 Å². The molecule has 0 bridgehead atoms. The molecule has 116 valence electrons. The third-order valence-electron chi connectivity index (χ3n) is 3.19. The number of hydrogen-bond donors (Lipinski definition) is 2. The lowest BCUT2D eigenvalue weighted by Gasteiger charge is -2.21. The zero-order valence-corrected chi connectivity index (χ0v) is 12.7. The van der Waals surface area contributed by atoms with Gasteiger partial charge < -0.3 is 10.4 Å². The van der Waals surface area contributed by atoms with Crippen molar-refractivity contribution < 1.29 is 14.7 Å². The molecule has 0 spiro atoms. The number of rotatable bonds is 6. The highest BCUT2D eigenvalue weighted by Crippen LogP contribution is 2.06. The summed E-state index contributed by atoms with van der Waals surface area (Å²) in [6, 6.07) is 1.25. The fraction of sp³-hybridized carbons (Fsp3) is 0.571. The van der Waals surface area contributed by atoms with E-state index in [1.165, 1.54) is 4.57 Å². The van der Waals surface area contributed by atoms with Gasteiger partial charge in [0, 0.05) is 17.4 Å². The van der Waals surface area contributed by atoms with E-state index < -0.39 is 23.6 Å². The van der Waals surface area contributed by atoms with Crippen molar-refractivity contribution in [1.29, 1.82) is 0 Å². The molecule has 1 atom stereocenters. The van der Waals surface area contributed by atoms with Crippen molar-refractivity contribution >= 4 is 11.9 Å². The molecule has 1 aromatic heterocycles. The number of hydrogen-bond acceptors (Lipinski definition) is 4. The van der Waals surface area contributed by atoms with Crippen LogP contribution in [0, 0.1) is 19.8 Å². The minimum Gasteiger partial charge on any atom is -0.481 e. The molecular formula is C14H21N3O4. The fourth-order valence-electron chi connectivity index (χ4n) is 2.00. The molecule has 7 nitrogen and oxygen atoms in total. The van der Waals surface area contributed by atoms with Gasteiger partial charge in [0.05, 0.1) is 6.42 Å². The van der Waals surface area contributed by atoms with Crippen LogP contribution in [0.4, 0.5) is 0 Å². The second-order valence-corrected chi connectivity index (χ2v) is 5.42. The third-order valence-corrected chi connectivity index (χ3v) is 3.19. The Balaban J connectivity index is 2.82. The van der Waals surface area contributed by atoms with Crippen molar-refractivity contribution in [3.8, 4) is 0 Å². The summed E-state index contributed by atoms with van der Waals surface area (Å²) in [5.74, 6) is -1.39. The van der Waals surface area contributed by atoms with Crippen molar-refractivity contribution in [3.63, 3.8) is 0 Å². The molecule has 0 saturated carbocycles. The highest BCUT2D eigenvalue weighted by Gasteiger charge is 2.20. The maximum absolute atomic E-state index is 12.0. The molecule has 0 saturated heterocycles. The molecule has 0 radical (unpaired) electrons. The number of nitrogens with one attached hydrogen (secondary N) is 1. The first-order valence-electron chi connectivity index (χ1n) is 6.77. The van der Waals surface area contributed by atoms with Gasteiger partial charge in [0.2, 0.25) is 5.91 Å². The van der Waals surface area contributed by atoms with E-state index in [0.29, 0.717) is 11.4 Å². The van der Waals surface area contributed by atoms with Crippen molar-refractivity contribution in [2.75, 3.05) is 0 Å². The van der Waals surface area contributed by atoms with E-state index in [9.17, 15) is 14.4 Å². The lowest BCUT2D eigenvalue weighted by atomic mass is 10.0. The molecule has 2 N–H and O–H groups in total. The summed E-state index contributed by atoms with van der Waals surface area (Å²) >= 11 is 0. The van der Waals surface area contributed by atoms with E-state index >= 15 is 0 Å². The number of carbonyl (C=O) groups is 2. The molecule has 1 amide bonds. The molecule has 0 aromatic carbocycles. The van der Waals surface area contributed by atoms with Crippen LogP contribution in [-0.4, -0.2) is 32.6 Å². The number of aromatic nitrogens is 2. The minimum absolute atomic E-state index is 0.0148. The zero-order valence-electron chi connectivity index (χ0n) is 12.7. The second-order valence-electron chi connectivity index (χ2n) is 5.42. The summed E-state index contributed by atoms with van der Waals surface area (Å²) in [7, 11) is 0. The Morgan fingerprint density at radius 1 is 1.38 bits per heavy atom. The molecule has 1 heterocycles. The van der Waals surface area contributed by atoms with Crippen LogP contribution < -0.4 is 11.0 Å². The quantitative estimate of drug-likeness (QED) is 0.794. The normalized spacial score (nSPS) is 12.2. The number of carbonyl (C=O) groups excluding carboxylic acids is 1. The van der Waals surface area contributed by atoms with Crippen LogP contribution in [0.2, 0.25) is 0 Å². The first-order chi connectivity index (χ1) is 9.70. The molecule has 0 aliphatic rings. The van der Waals surface area contributed by atoms with Gasteiger partial charge in [-0.25, -0.2) is 4.79 Å². The Morgan fingerprint density at radius 2 is 2.00 bits per heavy atom. The Morgan fingerprint density at radius 3 is 2.48 bits per heavy atom. The Hall–Kier alpha value is -2.18. The van der Waals surface area contributed by atoms with Crippen LogP contribution >= 0.6 is 0 Å². The molecule has 21 heavy (non-hydrogen) atoms. The van der Waals surface area contributed by atoms with Gasteiger partial charge in [-0.1, -0.05) is 13.8 Å². The summed E-state index contributed by atoms with van der Waals surface area (Å²) in [6.07, 6.45) is -0.149. The van der Waals surface area contributed by atoms with E-state index in [0.717, 1.165) is 0 Å². The van der Waals surface area contributed by atoms with E-state index in [2.05, 4.69) is 10.3 Å². The summed E-state index contributed by atoms with van der Waals surface area (Å²) in [6.45, 7) is 6.93. The van der Waals surface area contributed by atoms with Gasteiger partial charge in [-0.05, 0) is 25.8 Å². The monoisotopic (exact) mass is 295 g/mol. The second kappa shape index (κ2) is 7.01. The van der Waals surface area contributed by atoms with Gasteiger partial charge in [0.15, 0.2) is 0 Å². The molecular weight excluding hydrogens is 274 g/mol. The van der Waals surface area contributed by atoms with E-state index in [-0.39, 0.29) is 18.9 Å². The maximum atomic E-state index is 12.0. The van der Waals surface area contributed by atoms with E-state index in [1.807, 2.05) is 13.8 Å². The number of amides is 1. The minimum atomic E-state index is -0.973. The maximum Gasteiger partial charge on any atom is 0.348 e. The highest BCUT2D eigenvalue weighted by atomic mass is 16.4. The Kier molecular flexibility index (Phi) is 5.63. The average Bonchev–Trinajstić information content (AvgIpc) is 2.32. The smallest absolute Gasteiger partial charge is 0.348 e. The standard InChI is InChI=1S/C14H21N3O4/c1-8(2)11(6-13(19)20)16-12(18)7-17-10(4)5-9(3)15-14(17)21/h5,8,11H,6-7H2,1-4H3,(H,16,18)(H,19,20). The lowest BCUT2D eigenvalue weighted by Crippen LogP contribution is -2.43. The predicted molar refractivity (Wildman–Crippen MR) is 77.0 cm³/mol. The SMILES string of the molecule is Cc1cc(C)n(CC(=O)NC(CC(=O)O)C(C)C)c(=O)n1. The van der Waals surface area contributed by atoms with E-state index in [1.54, 1.807) is 19.9 Å². The molecule has 7 heteroatoms. The van der Waals surface area contributed by atoms with Crippen LogP contribution in [-0.2, 0) is 16.1 Å². The molecule has 1 aromatic rings.